The Labute approximate surface area is 227 Å². The Morgan fingerprint density at radius 1 is 0.895 bits per heavy atom. The number of nitrogens with one attached hydrogen (secondary N) is 1. The summed E-state index contributed by atoms with van der Waals surface area (Å²) in [6.45, 7) is 0. The van der Waals surface area contributed by atoms with Crippen LogP contribution in [0.15, 0.2) is 82.8 Å². The van der Waals surface area contributed by atoms with Crippen molar-refractivity contribution in [2.75, 3.05) is 14.1 Å². The van der Waals surface area contributed by atoms with Gasteiger partial charge in [-0.05, 0) is 42.0 Å². The number of Topliss-reactive ketones (excluding diaryl/α,β-unsaturated/α-hetero) is 1. The summed E-state index contributed by atoms with van der Waals surface area (Å²) in [5, 5.41) is 3.34. The number of ketones is 1. The lowest BCUT2D eigenvalue weighted by atomic mass is 9.73. The first-order chi connectivity index (χ1) is 18.3. The van der Waals surface area contributed by atoms with Gasteiger partial charge in [0.1, 0.15) is 11.9 Å². The van der Waals surface area contributed by atoms with Crippen LogP contribution in [0.3, 0.4) is 0 Å². The Balaban J connectivity index is 1.40. The van der Waals surface area contributed by atoms with Crippen LogP contribution in [-0.4, -0.2) is 53.8 Å². The summed E-state index contributed by atoms with van der Waals surface area (Å²) < 4.78 is 6.40. The van der Waals surface area contributed by atoms with Crippen molar-refractivity contribution in [1.82, 2.24) is 15.1 Å². The summed E-state index contributed by atoms with van der Waals surface area (Å²) in [5.41, 5.74) is 3.57. The van der Waals surface area contributed by atoms with Gasteiger partial charge < -0.3 is 15.0 Å². The third-order valence-electron chi connectivity index (χ3n) is 7.41. The van der Waals surface area contributed by atoms with E-state index in [0.29, 0.717) is 33.7 Å². The predicted octanol–water partition coefficient (Wildman–Crippen LogP) is 4.43. The molecule has 3 amide bonds. The number of fused-ring (bicyclic) bond motifs is 3. The minimum Gasteiger partial charge on any atom is -0.423 e. The highest BCUT2D eigenvalue weighted by atomic mass is 79.9. The van der Waals surface area contributed by atoms with Crippen LogP contribution in [0.2, 0.25) is 0 Å². The number of allylic oxidation sites excluding steroid dienone is 1. The van der Waals surface area contributed by atoms with E-state index in [4.69, 9.17) is 4.74 Å². The highest BCUT2D eigenvalue weighted by molar-refractivity contribution is 9.10. The molecule has 6 rings (SSSR count). The molecule has 3 unspecified atom stereocenters. The summed E-state index contributed by atoms with van der Waals surface area (Å²) >= 11 is 3.35. The fourth-order valence-corrected chi connectivity index (χ4v) is 5.78. The van der Waals surface area contributed by atoms with Gasteiger partial charge in [-0.2, -0.15) is 0 Å². The van der Waals surface area contributed by atoms with Gasteiger partial charge in [-0.1, -0.05) is 52.3 Å². The molecule has 0 bridgehead atoms. The molecule has 1 saturated heterocycles. The van der Waals surface area contributed by atoms with E-state index < -0.39 is 30.0 Å². The number of carbonyl (C=O) groups is 4. The number of halogens is 1. The zero-order valence-electron chi connectivity index (χ0n) is 20.5. The van der Waals surface area contributed by atoms with Crippen molar-refractivity contribution in [3.05, 3.63) is 105 Å². The molecule has 0 saturated carbocycles. The second-order valence-corrected chi connectivity index (χ2v) is 10.4. The summed E-state index contributed by atoms with van der Waals surface area (Å²) in [4.78, 5) is 55.1. The van der Waals surface area contributed by atoms with Gasteiger partial charge in [0.2, 0.25) is 5.91 Å². The molecule has 3 aromatic carbocycles. The zero-order valence-corrected chi connectivity index (χ0v) is 22.1. The number of ether oxygens (including phenoxy) is 1. The Morgan fingerprint density at radius 3 is 2.24 bits per heavy atom. The van der Waals surface area contributed by atoms with Crippen LogP contribution in [0.25, 0.3) is 5.70 Å². The highest BCUT2D eigenvalue weighted by Crippen LogP contribution is 2.49. The molecule has 0 aromatic heterocycles. The maximum Gasteiger partial charge on any atom is 0.343 e. The van der Waals surface area contributed by atoms with Crippen molar-refractivity contribution in [1.29, 1.82) is 0 Å². The monoisotopic (exact) mass is 571 g/mol. The minimum absolute atomic E-state index is 0.146. The molecule has 1 aliphatic carbocycles. The van der Waals surface area contributed by atoms with E-state index in [1.165, 1.54) is 11.9 Å². The molecule has 2 heterocycles. The van der Waals surface area contributed by atoms with E-state index in [9.17, 15) is 19.2 Å². The number of esters is 1. The molecule has 8 nitrogen and oxygen atoms in total. The highest BCUT2D eigenvalue weighted by Gasteiger charge is 2.54. The van der Waals surface area contributed by atoms with Crippen LogP contribution in [0.4, 0.5) is 4.79 Å². The van der Waals surface area contributed by atoms with E-state index in [1.54, 1.807) is 67.7 Å². The molecule has 190 valence electrons. The Bertz CT molecular complexity index is 1550. The molecule has 1 fully saturated rings. The van der Waals surface area contributed by atoms with Gasteiger partial charge in [0.15, 0.2) is 5.78 Å². The summed E-state index contributed by atoms with van der Waals surface area (Å²) in [7, 11) is 3.10. The number of amides is 3. The van der Waals surface area contributed by atoms with Crippen LogP contribution in [0, 0.1) is 5.92 Å². The molecule has 38 heavy (non-hydrogen) atoms. The molecule has 3 aromatic rings. The van der Waals surface area contributed by atoms with Gasteiger partial charge in [0.05, 0.1) is 17.2 Å². The SMILES string of the molecule is CN1C(=O)C2C(c3ccc(OC(=O)c4ccc(Br)cc4)cc3)C3=C(NC2N(C)C1=O)c1ccccc1C3=O. The number of imide groups is 1. The van der Waals surface area contributed by atoms with Gasteiger partial charge in [-0.15, -0.1) is 0 Å². The summed E-state index contributed by atoms with van der Waals surface area (Å²) in [6, 6.07) is 20.6. The number of nitrogens with zero attached hydrogens (tertiary/aromatic N) is 2. The Hall–Kier alpha value is -4.24. The average Bonchev–Trinajstić information content (AvgIpc) is 3.22. The second-order valence-electron chi connectivity index (χ2n) is 9.51. The summed E-state index contributed by atoms with van der Waals surface area (Å²) in [5.74, 6) is -2.01. The number of rotatable bonds is 3. The molecular formula is C29H22BrN3O5. The number of hydrogen-bond donors (Lipinski definition) is 1. The largest absolute Gasteiger partial charge is 0.423 e. The molecule has 9 heteroatoms. The number of urea groups is 1. The Kier molecular flexibility index (Phi) is 5.68. The first-order valence-electron chi connectivity index (χ1n) is 12.0. The lowest BCUT2D eigenvalue weighted by molar-refractivity contribution is -0.138. The lowest BCUT2D eigenvalue weighted by Crippen LogP contribution is -2.66. The van der Waals surface area contributed by atoms with Crippen molar-refractivity contribution < 1.29 is 23.9 Å². The van der Waals surface area contributed by atoms with Crippen molar-refractivity contribution >= 4 is 45.3 Å². The molecule has 3 atom stereocenters. The lowest BCUT2D eigenvalue weighted by Gasteiger charge is -2.48. The fraction of sp³-hybridized carbons (Fsp3) is 0.172. The molecular weight excluding hydrogens is 550 g/mol. The molecule has 2 aliphatic heterocycles. The normalized spacial score (nSPS) is 22.1. The van der Waals surface area contributed by atoms with Gasteiger partial charge in [0, 0.05) is 41.2 Å². The van der Waals surface area contributed by atoms with Crippen LogP contribution in [-0.2, 0) is 4.79 Å². The van der Waals surface area contributed by atoms with Gasteiger partial charge in [-0.3, -0.25) is 14.5 Å². The third-order valence-corrected chi connectivity index (χ3v) is 7.94. The first kappa shape index (κ1) is 24.1. The standard InChI is InChI=1S/C29H22BrN3O5/c1-32-26-23(27(35)33(2)29(32)37)21(22-24(31-26)19-5-3-4-6-20(19)25(22)34)15-9-13-18(14-10-15)38-28(36)16-7-11-17(30)12-8-16/h3-14,21,23,26,31H,1-2H3. The fourth-order valence-electron chi connectivity index (χ4n) is 5.51. The van der Waals surface area contributed by atoms with Crippen molar-refractivity contribution in [3.8, 4) is 5.75 Å². The minimum atomic E-state index is -0.726. The first-order valence-corrected chi connectivity index (χ1v) is 12.8. The van der Waals surface area contributed by atoms with Gasteiger partial charge in [0.25, 0.3) is 0 Å². The maximum absolute atomic E-state index is 13.6. The van der Waals surface area contributed by atoms with Crippen LogP contribution < -0.4 is 10.1 Å². The average molecular weight is 572 g/mol. The van der Waals surface area contributed by atoms with Crippen LogP contribution in [0.5, 0.6) is 5.75 Å². The maximum atomic E-state index is 13.6. The van der Waals surface area contributed by atoms with E-state index in [-0.39, 0.29) is 11.7 Å². The number of hydrogen-bond acceptors (Lipinski definition) is 6. The van der Waals surface area contributed by atoms with E-state index in [2.05, 4.69) is 21.2 Å². The van der Waals surface area contributed by atoms with Crippen molar-refractivity contribution in [3.63, 3.8) is 0 Å². The summed E-state index contributed by atoms with van der Waals surface area (Å²) in [6.07, 6.45) is -0.635. The molecule has 0 radical (unpaired) electrons. The molecule has 1 N–H and O–H groups in total. The van der Waals surface area contributed by atoms with Crippen LogP contribution in [0.1, 0.15) is 37.8 Å². The molecule has 0 spiro atoms. The van der Waals surface area contributed by atoms with Crippen molar-refractivity contribution in [2.24, 2.45) is 5.92 Å². The van der Waals surface area contributed by atoms with E-state index in [1.807, 2.05) is 12.1 Å². The van der Waals surface area contributed by atoms with Crippen molar-refractivity contribution in [2.45, 2.75) is 12.1 Å². The van der Waals surface area contributed by atoms with E-state index in [0.717, 1.165) is 14.9 Å². The molecule has 3 aliphatic rings. The number of benzene rings is 3. The quantitative estimate of drug-likeness (QED) is 0.369. The number of carbonyl (C=O) groups excluding carboxylic acids is 4. The van der Waals surface area contributed by atoms with Gasteiger partial charge in [-0.25, -0.2) is 9.59 Å². The van der Waals surface area contributed by atoms with E-state index >= 15 is 0 Å². The van der Waals surface area contributed by atoms with Gasteiger partial charge >= 0.3 is 12.0 Å². The Morgan fingerprint density at radius 2 is 1.55 bits per heavy atom. The topological polar surface area (TPSA) is 96.0 Å². The smallest absolute Gasteiger partial charge is 0.343 e. The third kappa shape index (κ3) is 3.65. The zero-order chi connectivity index (χ0) is 26.7. The van der Waals surface area contributed by atoms with Crippen LogP contribution >= 0.6 is 15.9 Å². The second kappa shape index (κ2) is 8.95. The predicted molar refractivity (Wildman–Crippen MR) is 142 cm³/mol.